The Morgan fingerprint density at radius 1 is 0.909 bits per heavy atom. The van der Waals surface area contributed by atoms with Gasteiger partial charge in [0.15, 0.2) is 0 Å². The highest BCUT2D eigenvalue weighted by Gasteiger charge is 2.27. The molecule has 3 heterocycles. The van der Waals surface area contributed by atoms with Crippen LogP contribution in [0, 0.1) is 0 Å². The number of aryl methyl sites for hydroxylation is 1. The van der Waals surface area contributed by atoms with Crippen LogP contribution >= 0.6 is 11.6 Å². The number of hydrogen-bond acceptors (Lipinski definition) is 3. The number of carbonyl (C=O) groups is 2. The summed E-state index contributed by atoms with van der Waals surface area (Å²) in [5, 5.41) is 5.38. The fraction of sp³-hybridized carbons (Fsp3) is 0.346. The van der Waals surface area contributed by atoms with Gasteiger partial charge in [0.25, 0.3) is 5.91 Å². The van der Waals surface area contributed by atoms with Gasteiger partial charge in [-0.2, -0.15) is 5.10 Å². The van der Waals surface area contributed by atoms with Crippen molar-refractivity contribution >= 4 is 29.2 Å². The molecule has 1 aromatic heterocycles. The molecule has 0 radical (unpaired) electrons. The van der Waals surface area contributed by atoms with E-state index in [4.69, 9.17) is 16.7 Å². The van der Waals surface area contributed by atoms with Crippen molar-refractivity contribution < 1.29 is 9.59 Å². The molecule has 170 valence electrons. The third-order valence-corrected chi connectivity index (χ3v) is 6.70. The Morgan fingerprint density at radius 2 is 1.61 bits per heavy atom. The highest BCUT2D eigenvalue weighted by atomic mass is 35.5. The average molecular weight is 463 g/mol. The van der Waals surface area contributed by atoms with E-state index in [-0.39, 0.29) is 11.8 Å². The fourth-order valence-corrected chi connectivity index (χ4v) is 4.70. The molecule has 0 saturated carbocycles. The largest absolute Gasteiger partial charge is 0.339 e. The lowest BCUT2D eigenvalue weighted by Crippen LogP contribution is -2.37. The second kappa shape index (κ2) is 9.40. The number of carbonyl (C=O) groups excluding carboxylic acids is 2. The number of nitrogens with zero attached hydrogens (tertiary/aromatic N) is 4. The van der Waals surface area contributed by atoms with Crippen molar-refractivity contribution in [2.45, 2.75) is 45.2 Å². The number of halogens is 1. The molecule has 2 aliphatic rings. The molecule has 5 rings (SSSR count). The number of likely N-dealkylation sites (tertiary alicyclic amines) is 1. The number of aromatic nitrogens is 2. The number of anilines is 1. The third kappa shape index (κ3) is 4.67. The summed E-state index contributed by atoms with van der Waals surface area (Å²) in [6.45, 7) is 2.69. The van der Waals surface area contributed by atoms with Gasteiger partial charge in [0.05, 0.1) is 18.8 Å². The second-order valence-corrected chi connectivity index (χ2v) is 9.19. The van der Waals surface area contributed by atoms with Gasteiger partial charge in [0.1, 0.15) is 5.82 Å². The fourth-order valence-electron chi connectivity index (χ4n) is 4.58. The molecule has 2 aromatic carbocycles. The molecule has 1 saturated heterocycles. The molecule has 7 heteroatoms. The third-order valence-electron chi connectivity index (χ3n) is 6.45. The van der Waals surface area contributed by atoms with Crippen LogP contribution in [-0.4, -0.2) is 39.6 Å². The number of fused-ring (bicyclic) bond motifs is 1. The lowest BCUT2D eigenvalue weighted by Gasteiger charge is -2.27. The summed E-state index contributed by atoms with van der Waals surface area (Å²) in [6.07, 6.45) is 4.96. The van der Waals surface area contributed by atoms with Crippen LogP contribution < -0.4 is 4.90 Å². The molecule has 0 unspecified atom stereocenters. The van der Waals surface area contributed by atoms with E-state index in [1.165, 1.54) is 12.8 Å². The summed E-state index contributed by atoms with van der Waals surface area (Å²) in [4.78, 5) is 29.4. The molecule has 0 atom stereocenters. The van der Waals surface area contributed by atoms with Gasteiger partial charge in [-0.1, -0.05) is 48.7 Å². The van der Waals surface area contributed by atoms with E-state index < -0.39 is 0 Å². The maximum atomic E-state index is 12.9. The molecule has 6 nitrogen and oxygen atoms in total. The van der Waals surface area contributed by atoms with Crippen LogP contribution in [0.1, 0.15) is 48.0 Å². The van der Waals surface area contributed by atoms with Crippen LogP contribution in [0.5, 0.6) is 0 Å². The van der Waals surface area contributed by atoms with Gasteiger partial charge in [0, 0.05) is 41.7 Å². The molecule has 33 heavy (non-hydrogen) atoms. The second-order valence-electron chi connectivity index (χ2n) is 8.75. The van der Waals surface area contributed by atoms with Crippen LogP contribution in [0.15, 0.2) is 54.6 Å². The van der Waals surface area contributed by atoms with Gasteiger partial charge in [-0.3, -0.25) is 14.5 Å². The maximum absolute atomic E-state index is 12.9. The zero-order chi connectivity index (χ0) is 22.8. The molecule has 2 aliphatic heterocycles. The Kier molecular flexibility index (Phi) is 6.18. The van der Waals surface area contributed by atoms with E-state index in [2.05, 4.69) is 0 Å². The summed E-state index contributed by atoms with van der Waals surface area (Å²) >= 11 is 6.01. The van der Waals surface area contributed by atoms with Crippen LogP contribution in [0.3, 0.4) is 0 Å². The van der Waals surface area contributed by atoms with Gasteiger partial charge >= 0.3 is 0 Å². The summed E-state index contributed by atoms with van der Waals surface area (Å²) in [5.41, 5.74) is 3.48. The first-order valence-corrected chi connectivity index (χ1v) is 12.0. The smallest absolute Gasteiger partial charge is 0.253 e. The monoisotopic (exact) mass is 462 g/mol. The molecule has 0 spiro atoms. The Bertz CT molecular complexity index is 1150. The Balaban J connectivity index is 1.33. The van der Waals surface area contributed by atoms with E-state index in [0.717, 1.165) is 48.6 Å². The minimum absolute atomic E-state index is 0.0785. The number of rotatable bonds is 4. The summed E-state index contributed by atoms with van der Waals surface area (Å²) in [5.74, 6) is 0.971. The van der Waals surface area contributed by atoms with Crippen molar-refractivity contribution in [1.29, 1.82) is 0 Å². The predicted octanol–water partition coefficient (Wildman–Crippen LogP) is 5.16. The summed E-state index contributed by atoms with van der Waals surface area (Å²) in [6, 6.07) is 17.2. The van der Waals surface area contributed by atoms with Gasteiger partial charge in [-0.05, 0) is 42.7 Å². The van der Waals surface area contributed by atoms with Gasteiger partial charge < -0.3 is 4.90 Å². The first kappa shape index (κ1) is 21.7. The maximum Gasteiger partial charge on any atom is 0.253 e. The highest BCUT2D eigenvalue weighted by molar-refractivity contribution is 6.30. The zero-order valence-corrected chi connectivity index (χ0v) is 19.3. The average Bonchev–Trinajstić information content (AvgIpc) is 3.08. The quantitative estimate of drug-likeness (QED) is 0.538. The number of benzene rings is 2. The van der Waals surface area contributed by atoms with Crippen molar-refractivity contribution in [3.63, 3.8) is 0 Å². The van der Waals surface area contributed by atoms with Gasteiger partial charge in [-0.25, -0.2) is 4.68 Å². The molecule has 1 fully saturated rings. The Labute approximate surface area is 198 Å². The normalized spacial score (nSPS) is 16.5. The van der Waals surface area contributed by atoms with Crippen molar-refractivity contribution in [1.82, 2.24) is 14.7 Å². The number of amides is 2. The Hall–Kier alpha value is -3.12. The van der Waals surface area contributed by atoms with Crippen molar-refractivity contribution in [2.24, 2.45) is 0 Å². The van der Waals surface area contributed by atoms with E-state index in [1.54, 1.807) is 4.90 Å². The topological polar surface area (TPSA) is 58.4 Å². The highest BCUT2D eigenvalue weighted by Crippen LogP contribution is 2.30. The van der Waals surface area contributed by atoms with Gasteiger partial charge in [-0.15, -0.1) is 0 Å². The van der Waals surface area contributed by atoms with Crippen LogP contribution in [0.25, 0.3) is 11.3 Å². The van der Waals surface area contributed by atoms with Gasteiger partial charge in [0.2, 0.25) is 5.91 Å². The zero-order valence-electron chi connectivity index (χ0n) is 18.5. The van der Waals surface area contributed by atoms with Crippen LogP contribution in [-0.2, 0) is 17.9 Å². The molecule has 0 aliphatic carbocycles. The first-order valence-electron chi connectivity index (χ1n) is 11.6. The lowest BCUT2D eigenvalue weighted by molar-refractivity contribution is -0.119. The van der Waals surface area contributed by atoms with Crippen molar-refractivity contribution in [3.8, 4) is 11.3 Å². The first-order chi connectivity index (χ1) is 16.1. The molecular weight excluding hydrogens is 436 g/mol. The molecule has 0 bridgehead atoms. The van der Waals surface area contributed by atoms with Crippen LogP contribution in [0.4, 0.5) is 5.82 Å². The lowest BCUT2D eigenvalue weighted by atomic mass is 10.1. The molecular formula is C26H27ClN4O2. The van der Waals surface area contributed by atoms with E-state index in [1.807, 2.05) is 64.2 Å². The summed E-state index contributed by atoms with van der Waals surface area (Å²) < 4.78 is 1.89. The predicted molar refractivity (Wildman–Crippen MR) is 129 cm³/mol. The van der Waals surface area contributed by atoms with E-state index in [9.17, 15) is 9.59 Å². The van der Waals surface area contributed by atoms with Crippen molar-refractivity contribution in [2.75, 3.05) is 18.0 Å². The molecule has 3 aromatic rings. The van der Waals surface area contributed by atoms with E-state index in [0.29, 0.717) is 30.1 Å². The molecule has 2 amide bonds. The minimum Gasteiger partial charge on any atom is -0.339 e. The number of hydrogen-bond donors (Lipinski definition) is 0. The standard InChI is InChI=1S/C26H27ClN4O2/c27-22-11-9-20(10-12-22)23-17-24-30(25(32)13-16-31(24)28-23)18-19-5-7-21(8-6-19)26(33)29-14-3-1-2-4-15-29/h5-12,17H,1-4,13-16,18H2. The van der Waals surface area contributed by atoms with Crippen molar-refractivity contribution in [3.05, 3.63) is 70.7 Å². The molecule has 0 N–H and O–H groups in total. The summed E-state index contributed by atoms with van der Waals surface area (Å²) in [7, 11) is 0. The SMILES string of the molecule is O=C(c1ccc(CN2C(=O)CCn3nc(-c4ccc(Cl)cc4)cc32)cc1)N1CCCCCC1. The van der Waals surface area contributed by atoms with E-state index >= 15 is 0 Å². The van der Waals surface area contributed by atoms with Crippen LogP contribution in [0.2, 0.25) is 5.02 Å². The Morgan fingerprint density at radius 3 is 2.30 bits per heavy atom. The minimum atomic E-state index is 0.0785.